The highest BCUT2D eigenvalue weighted by atomic mass is 32.2. The van der Waals surface area contributed by atoms with Gasteiger partial charge in [-0.1, -0.05) is 43.2 Å². The third-order valence-corrected chi connectivity index (χ3v) is 8.08. The number of para-hydroxylation sites is 1. The van der Waals surface area contributed by atoms with Crippen LogP contribution in [0.3, 0.4) is 0 Å². The zero-order valence-corrected chi connectivity index (χ0v) is 20.1. The van der Waals surface area contributed by atoms with Crippen molar-refractivity contribution in [2.45, 2.75) is 62.5 Å². The first kappa shape index (κ1) is 22.7. The predicted octanol–water partition coefficient (Wildman–Crippen LogP) is 5.96. The smallest absolute Gasteiger partial charge is 0.250 e. The zero-order chi connectivity index (χ0) is 23.4. The first-order valence-corrected chi connectivity index (χ1v) is 12.8. The summed E-state index contributed by atoms with van der Waals surface area (Å²) >= 11 is 1.87. The Bertz CT molecular complexity index is 1200. The Balaban J connectivity index is 0.000000142. The highest BCUT2D eigenvalue weighted by Gasteiger charge is 2.41. The van der Waals surface area contributed by atoms with Crippen LogP contribution in [0.15, 0.2) is 69.5 Å². The predicted molar refractivity (Wildman–Crippen MR) is 138 cm³/mol. The van der Waals surface area contributed by atoms with Crippen molar-refractivity contribution in [3.63, 3.8) is 0 Å². The van der Waals surface area contributed by atoms with E-state index in [0.717, 1.165) is 16.3 Å². The fraction of sp³-hybridized carbons (Fsp3) is 0.385. The molecule has 2 aromatic heterocycles. The summed E-state index contributed by atoms with van der Waals surface area (Å²) in [4.78, 5) is 8.53. The SMILES string of the molecule is NC1=NC2=C(CCCC2)C2(CCCCC2)S1.Nc1ccccc1-c1nnc(-c2ccncc2)o1. The van der Waals surface area contributed by atoms with Gasteiger partial charge in [0.2, 0.25) is 11.8 Å². The molecule has 7 nitrogen and oxygen atoms in total. The molecule has 4 N–H and O–H groups in total. The zero-order valence-electron chi connectivity index (χ0n) is 19.2. The maximum Gasteiger partial charge on any atom is 0.250 e. The molecule has 1 fully saturated rings. The third kappa shape index (κ3) is 4.73. The van der Waals surface area contributed by atoms with Crippen molar-refractivity contribution < 1.29 is 4.42 Å². The second-order valence-electron chi connectivity index (χ2n) is 8.97. The highest BCUT2D eigenvalue weighted by molar-refractivity contribution is 8.15. The van der Waals surface area contributed by atoms with Crippen LogP contribution in [0.1, 0.15) is 57.8 Å². The van der Waals surface area contributed by atoms with Crippen molar-refractivity contribution in [2.75, 3.05) is 5.73 Å². The molecule has 2 aliphatic carbocycles. The Morgan fingerprint density at radius 2 is 1.56 bits per heavy atom. The van der Waals surface area contributed by atoms with E-state index in [1.54, 1.807) is 24.0 Å². The molecule has 3 heterocycles. The lowest BCUT2D eigenvalue weighted by molar-refractivity contribution is 0.417. The summed E-state index contributed by atoms with van der Waals surface area (Å²) in [6.45, 7) is 0. The Morgan fingerprint density at radius 3 is 2.35 bits per heavy atom. The first-order chi connectivity index (χ1) is 16.6. The summed E-state index contributed by atoms with van der Waals surface area (Å²) in [6.07, 6.45) is 15.3. The molecular formula is C26H30N6OS. The van der Waals surface area contributed by atoms with Crippen LogP contribution in [0.4, 0.5) is 5.69 Å². The molecule has 0 bridgehead atoms. The van der Waals surface area contributed by atoms with Crippen LogP contribution in [-0.4, -0.2) is 25.1 Å². The van der Waals surface area contributed by atoms with E-state index in [9.17, 15) is 0 Å². The fourth-order valence-corrected chi connectivity index (χ4v) is 6.47. The van der Waals surface area contributed by atoms with Crippen molar-refractivity contribution in [1.29, 1.82) is 0 Å². The number of thioether (sulfide) groups is 1. The van der Waals surface area contributed by atoms with Crippen molar-refractivity contribution in [2.24, 2.45) is 10.7 Å². The number of nitrogen functional groups attached to an aromatic ring is 1. The van der Waals surface area contributed by atoms with Gasteiger partial charge in [-0.2, -0.15) is 0 Å². The van der Waals surface area contributed by atoms with E-state index in [-0.39, 0.29) is 0 Å². The molecule has 0 radical (unpaired) electrons. The molecule has 3 aromatic rings. The molecule has 1 spiro atoms. The van der Waals surface area contributed by atoms with Gasteiger partial charge in [-0.15, -0.1) is 10.2 Å². The van der Waals surface area contributed by atoms with Crippen molar-refractivity contribution >= 4 is 22.6 Å². The van der Waals surface area contributed by atoms with Gasteiger partial charge in [0, 0.05) is 34.1 Å². The lowest BCUT2D eigenvalue weighted by Gasteiger charge is -2.43. The number of hydrogen-bond donors (Lipinski definition) is 2. The molecule has 6 rings (SSSR count). The Hall–Kier alpha value is -3.13. The Kier molecular flexibility index (Phi) is 6.67. The monoisotopic (exact) mass is 474 g/mol. The molecule has 1 saturated carbocycles. The number of amidine groups is 1. The van der Waals surface area contributed by atoms with Gasteiger partial charge >= 0.3 is 0 Å². The number of anilines is 1. The maximum absolute atomic E-state index is 6.03. The number of nitrogens with zero attached hydrogens (tertiary/aromatic N) is 4. The first-order valence-electron chi connectivity index (χ1n) is 12.0. The second kappa shape index (κ2) is 10.0. The van der Waals surface area contributed by atoms with Crippen LogP contribution in [0.2, 0.25) is 0 Å². The number of benzene rings is 1. The van der Waals surface area contributed by atoms with E-state index in [4.69, 9.17) is 15.9 Å². The molecule has 3 aliphatic rings. The summed E-state index contributed by atoms with van der Waals surface area (Å²) < 4.78 is 5.97. The van der Waals surface area contributed by atoms with Gasteiger partial charge in [0.15, 0.2) is 5.17 Å². The average molecular weight is 475 g/mol. The number of fused-ring (bicyclic) bond motifs is 1. The summed E-state index contributed by atoms with van der Waals surface area (Å²) in [5, 5.41) is 8.83. The molecule has 8 heteroatoms. The minimum absolute atomic E-state index is 0.361. The van der Waals surface area contributed by atoms with Crippen LogP contribution < -0.4 is 11.5 Å². The Labute approximate surface area is 204 Å². The van der Waals surface area contributed by atoms with E-state index in [1.165, 1.54) is 63.5 Å². The number of nitrogens with two attached hydrogens (primary N) is 2. The molecule has 0 atom stereocenters. The quantitative estimate of drug-likeness (QED) is 0.440. The summed E-state index contributed by atoms with van der Waals surface area (Å²) in [5.74, 6) is 0.871. The van der Waals surface area contributed by atoms with Gasteiger partial charge in [-0.05, 0) is 68.4 Å². The van der Waals surface area contributed by atoms with Crippen LogP contribution in [0.5, 0.6) is 0 Å². The van der Waals surface area contributed by atoms with Gasteiger partial charge in [-0.3, -0.25) is 4.98 Å². The van der Waals surface area contributed by atoms with E-state index in [1.807, 2.05) is 42.1 Å². The summed E-state index contributed by atoms with van der Waals surface area (Å²) in [5.41, 5.74) is 17.1. The topological polar surface area (TPSA) is 116 Å². The van der Waals surface area contributed by atoms with Crippen LogP contribution in [-0.2, 0) is 0 Å². The van der Waals surface area contributed by atoms with E-state index >= 15 is 0 Å². The largest absolute Gasteiger partial charge is 0.416 e. The van der Waals surface area contributed by atoms with Crippen molar-refractivity contribution in [1.82, 2.24) is 15.2 Å². The number of rotatable bonds is 2. The van der Waals surface area contributed by atoms with Gasteiger partial charge in [0.25, 0.3) is 0 Å². The molecule has 1 aromatic carbocycles. The minimum Gasteiger partial charge on any atom is -0.416 e. The minimum atomic E-state index is 0.361. The molecule has 34 heavy (non-hydrogen) atoms. The summed E-state index contributed by atoms with van der Waals surface area (Å²) in [6, 6.07) is 11.0. The average Bonchev–Trinajstić information content (AvgIpc) is 3.36. The van der Waals surface area contributed by atoms with Crippen LogP contribution in [0, 0.1) is 0 Å². The molecule has 0 amide bonds. The maximum atomic E-state index is 6.03. The number of pyridine rings is 1. The lowest BCUT2D eigenvalue weighted by atomic mass is 9.77. The third-order valence-electron chi connectivity index (χ3n) is 6.74. The Morgan fingerprint density at radius 1 is 0.824 bits per heavy atom. The number of aromatic nitrogens is 3. The highest BCUT2D eigenvalue weighted by Crippen LogP contribution is 2.52. The normalized spacial score (nSPS) is 19.1. The summed E-state index contributed by atoms with van der Waals surface area (Å²) in [7, 11) is 0. The fourth-order valence-electron chi connectivity index (χ4n) is 5.08. The molecular weight excluding hydrogens is 444 g/mol. The second-order valence-corrected chi connectivity index (χ2v) is 10.4. The molecule has 0 saturated heterocycles. The van der Waals surface area contributed by atoms with E-state index in [2.05, 4.69) is 20.2 Å². The van der Waals surface area contributed by atoms with Gasteiger partial charge in [0.1, 0.15) is 0 Å². The molecule has 176 valence electrons. The van der Waals surface area contributed by atoms with Gasteiger partial charge in [-0.25, -0.2) is 4.99 Å². The van der Waals surface area contributed by atoms with Crippen molar-refractivity contribution in [3.8, 4) is 22.9 Å². The molecule has 0 unspecified atom stereocenters. The van der Waals surface area contributed by atoms with Crippen LogP contribution >= 0.6 is 11.8 Å². The van der Waals surface area contributed by atoms with E-state index in [0.29, 0.717) is 22.2 Å². The van der Waals surface area contributed by atoms with Crippen LogP contribution in [0.25, 0.3) is 22.9 Å². The van der Waals surface area contributed by atoms with Gasteiger partial charge < -0.3 is 15.9 Å². The lowest BCUT2D eigenvalue weighted by Crippen LogP contribution is -2.37. The van der Waals surface area contributed by atoms with Gasteiger partial charge in [0.05, 0.1) is 5.56 Å². The molecule has 1 aliphatic heterocycles. The van der Waals surface area contributed by atoms with Crippen molar-refractivity contribution in [3.05, 3.63) is 60.1 Å². The number of aliphatic imine (C=N–C) groups is 1. The van der Waals surface area contributed by atoms with E-state index < -0.39 is 0 Å². The number of allylic oxidation sites excluding steroid dienone is 1. The standard InChI is InChI=1S/C13H10N4O.C13H20N2S/c14-11-4-2-1-3-10(11)13-17-16-12(18-13)9-5-7-15-8-6-9;14-12-15-11-7-3-2-6-10(11)13(16-12)8-4-1-5-9-13/h1-8H,14H2;1-9H2,(H2,14,15). The number of hydrogen-bond acceptors (Lipinski definition) is 8.